The van der Waals surface area contributed by atoms with Crippen LogP contribution in [0.25, 0.3) is 0 Å². The molecule has 1 N–H and O–H groups in total. The fraction of sp³-hybridized carbons (Fsp3) is 0.765. The van der Waals surface area contributed by atoms with Crippen molar-refractivity contribution in [2.45, 2.75) is 44.7 Å². The second-order valence-corrected chi connectivity index (χ2v) is 6.30. The van der Waals surface area contributed by atoms with Gasteiger partial charge in [-0.2, -0.15) is 5.06 Å². The lowest BCUT2D eigenvalue weighted by Gasteiger charge is -2.33. The number of hydroxylamine groups is 2. The minimum absolute atomic E-state index is 0.377. The molecule has 3 heterocycles. The molecule has 2 saturated heterocycles. The second kappa shape index (κ2) is 8.11. The van der Waals surface area contributed by atoms with Crippen LogP contribution in [0.1, 0.15) is 44.4 Å². The molecule has 1 aromatic heterocycles. The first-order valence-electron chi connectivity index (χ1n) is 8.75. The fourth-order valence-corrected chi connectivity index (χ4v) is 3.59. The molecule has 0 radical (unpaired) electrons. The van der Waals surface area contributed by atoms with Gasteiger partial charge in [0.2, 0.25) is 0 Å². The molecule has 0 saturated carbocycles. The zero-order valence-corrected chi connectivity index (χ0v) is 13.7. The largest absolute Gasteiger partial charge is 0.468 e. The molecule has 1 atom stereocenters. The molecule has 0 aromatic carbocycles. The topological polar surface area (TPSA) is 40.9 Å². The zero-order chi connectivity index (χ0) is 15.2. The Kier molecular flexibility index (Phi) is 5.89. The Morgan fingerprint density at radius 2 is 2.05 bits per heavy atom. The maximum Gasteiger partial charge on any atom is 0.122 e. The van der Waals surface area contributed by atoms with Gasteiger partial charge in [-0.3, -0.25) is 9.74 Å². The van der Waals surface area contributed by atoms with Crippen molar-refractivity contribution in [2.24, 2.45) is 0 Å². The fourth-order valence-electron chi connectivity index (χ4n) is 3.59. The SMILES string of the molecule is CCON1CCC(NCC(c2ccco2)N2CCCC2)CC1. The van der Waals surface area contributed by atoms with Crippen LogP contribution in [0.4, 0.5) is 0 Å². The van der Waals surface area contributed by atoms with E-state index >= 15 is 0 Å². The van der Waals surface area contributed by atoms with E-state index in [9.17, 15) is 0 Å². The summed E-state index contributed by atoms with van der Waals surface area (Å²) in [6.07, 6.45) is 6.72. The number of hydrogen-bond donors (Lipinski definition) is 1. The van der Waals surface area contributed by atoms with Gasteiger partial charge in [0.1, 0.15) is 5.76 Å². The smallest absolute Gasteiger partial charge is 0.122 e. The number of likely N-dealkylation sites (tertiary alicyclic amines) is 1. The monoisotopic (exact) mass is 307 g/mol. The molecule has 5 heteroatoms. The Bertz CT molecular complexity index is 410. The molecule has 2 aliphatic rings. The lowest BCUT2D eigenvalue weighted by atomic mass is 10.1. The molecule has 22 heavy (non-hydrogen) atoms. The van der Waals surface area contributed by atoms with Gasteiger partial charge in [0.25, 0.3) is 0 Å². The van der Waals surface area contributed by atoms with Gasteiger partial charge in [-0.05, 0) is 57.8 Å². The van der Waals surface area contributed by atoms with E-state index < -0.39 is 0 Å². The van der Waals surface area contributed by atoms with E-state index in [-0.39, 0.29) is 0 Å². The Labute approximate surface area is 133 Å². The molecule has 0 amide bonds. The van der Waals surface area contributed by atoms with Gasteiger partial charge >= 0.3 is 0 Å². The van der Waals surface area contributed by atoms with Crippen LogP contribution in [0.15, 0.2) is 22.8 Å². The van der Waals surface area contributed by atoms with Gasteiger partial charge in [0.15, 0.2) is 0 Å². The van der Waals surface area contributed by atoms with E-state index in [2.05, 4.69) is 21.3 Å². The third-order valence-corrected chi connectivity index (χ3v) is 4.82. The quantitative estimate of drug-likeness (QED) is 0.838. The highest BCUT2D eigenvalue weighted by Crippen LogP contribution is 2.25. The number of nitrogens with one attached hydrogen (secondary N) is 1. The first-order valence-corrected chi connectivity index (χ1v) is 8.75. The maximum absolute atomic E-state index is 5.69. The Morgan fingerprint density at radius 3 is 2.68 bits per heavy atom. The summed E-state index contributed by atoms with van der Waals surface area (Å²) >= 11 is 0. The average Bonchev–Trinajstić information content (AvgIpc) is 3.23. The van der Waals surface area contributed by atoms with Crippen molar-refractivity contribution in [1.82, 2.24) is 15.3 Å². The van der Waals surface area contributed by atoms with E-state index in [0.717, 1.165) is 44.8 Å². The molecular formula is C17H29N3O2. The van der Waals surface area contributed by atoms with E-state index in [0.29, 0.717) is 12.1 Å². The summed E-state index contributed by atoms with van der Waals surface area (Å²) in [4.78, 5) is 8.14. The Balaban J connectivity index is 1.49. The highest BCUT2D eigenvalue weighted by Gasteiger charge is 2.27. The molecule has 3 rings (SSSR count). The number of nitrogens with zero attached hydrogens (tertiary/aromatic N) is 2. The molecule has 1 aromatic rings. The summed E-state index contributed by atoms with van der Waals surface area (Å²) in [5.74, 6) is 1.10. The van der Waals surface area contributed by atoms with Crippen molar-refractivity contribution in [1.29, 1.82) is 0 Å². The van der Waals surface area contributed by atoms with Gasteiger partial charge in [-0.25, -0.2) is 0 Å². The first-order chi connectivity index (χ1) is 10.9. The number of piperidine rings is 1. The van der Waals surface area contributed by atoms with Crippen molar-refractivity contribution in [3.8, 4) is 0 Å². The van der Waals surface area contributed by atoms with Gasteiger partial charge in [-0.1, -0.05) is 0 Å². The van der Waals surface area contributed by atoms with E-state index in [1.807, 2.05) is 13.0 Å². The van der Waals surface area contributed by atoms with E-state index in [1.54, 1.807) is 6.26 Å². The van der Waals surface area contributed by atoms with Crippen molar-refractivity contribution in [3.63, 3.8) is 0 Å². The van der Waals surface area contributed by atoms with Crippen molar-refractivity contribution < 1.29 is 9.25 Å². The highest BCUT2D eigenvalue weighted by molar-refractivity contribution is 5.06. The molecule has 124 valence electrons. The van der Waals surface area contributed by atoms with E-state index in [1.165, 1.54) is 25.9 Å². The van der Waals surface area contributed by atoms with Gasteiger partial charge in [0, 0.05) is 25.7 Å². The molecule has 0 bridgehead atoms. The molecule has 2 fully saturated rings. The average molecular weight is 307 g/mol. The van der Waals surface area contributed by atoms with Crippen LogP contribution >= 0.6 is 0 Å². The van der Waals surface area contributed by atoms with Crippen LogP contribution in [0, 0.1) is 0 Å². The molecule has 1 unspecified atom stereocenters. The van der Waals surface area contributed by atoms with Crippen LogP contribution in [-0.2, 0) is 4.84 Å². The second-order valence-electron chi connectivity index (χ2n) is 6.30. The minimum atomic E-state index is 0.377. The van der Waals surface area contributed by atoms with Gasteiger partial charge in [-0.15, -0.1) is 0 Å². The molecule has 2 aliphatic heterocycles. The van der Waals surface area contributed by atoms with Crippen molar-refractivity contribution in [3.05, 3.63) is 24.2 Å². The summed E-state index contributed by atoms with van der Waals surface area (Å²) in [5, 5.41) is 5.87. The predicted octanol–water partition coefficient (Wildman–Crippen LogP) is 2.42. The third kappa shape index (κ3) is 4.10. The minimum Gasteiger partial charge on any atom is -0.468 e. The number of hydrogen-bond acceptors (Lipinski definition) is 5. The summed E-state index contributed by atoms with van der Waals surface area (Å²) in [6.45, 7) is 8.24. The first kappa shape index (κ1) is 16.0. The Hall–Kier alpha value is -0.880. The van der Waals surface area contributed by atoms with Crippen LogP contribution in [-0.4, -0.2) is 55.3 Å². The summed E-state index contributed by atoms with van der Waals surface area (Å²) in [7, 11) is 0. The molecule has 5 nitrogen and oxygen atoms in total. The normalized spacial score (nSPS) is 23.1. The third-order valence-electron chi connectivity index (χ3n) is 4.82. The van der Waals surface area contributed by atoms with Crippen LogP contribution in [0.3, 0.4) is 0 Å². The summed E-state index contributed by atoms with van der Waals surface area (Å²) < 4.78 is 5.69. The summed E-state index contributed by atoms with van der Waals surface area (Å²) in [5.41, 5.74) is 0. The summed E-state index contributed by atoms with van der Waals surface area (Å²) in [6, 6.07) is 5.08. The van der Waals surface area contributed by atoms with Gasteiger partial charge in [0.05, 0.1) is 18.9 Å². The van der Waals surface area contributed by atoms with Crippen LogP contribution in [0.2, 0.25) is 0 Å². The van der Waals surface area contributed by atoms with Crippen LogP contribution < -0.4 is 5.32 Å². The van der Waals surface area contributed by atoms with Crippen molar-refractivity contribution in [2.75, 3.05) is 39.3 Å². The lowest BCUT2D eigenvalue weighted by molar-refractivity contribution is -0.166. The standard InChI is InChI=1S/C17H29N3O2/c1-2-22-20-11-7-15(8-12-20)18-14-16(17-6-5-13-21-17)19-9-3-4-10-19/h5-6,13,15-16,18H,2-4,7-12,14H2,1H3. The van der Waals surface area contributed by atoms with E-state index in [4.69, 9.17) is 9.25 Å². The zero-order valence-electron chi connectivity index (χ0n) is 13.7. The molecule has 0 aliphatic carbocycles. The Morgan fingerprint density at radius 1 is 1.27 bits per heavy atom. The van der Waals surface area contributed by atoms with Crippen molar-refractivity contribution >= 4 is 0 Å². The highest BCUT2D eigenvalue weighted by atomic mass is 16.7. The molecular weight excluding hydrogens is 278 g/mol. The lowest BCUT2D eigenvalue weighted by Crippen LogP contribution is -2.45. The number of furan rings is 1. The maximum atomic E-state index is 5.69. The van der Waals surface area contributed by atoms with Crippen LogP contribution in [0.5, 0.6) is 0 Å². The van der Waals surface area contributed by atoms with Gasteiger partial charge < -0.3 is 9.73 Å². The number of rotatable bonds is 7. The predicted molar refractivity (Wildman–Crippen MR) is 86.5 cm³/mol. The molecule has 0 spiro atoms.